The minimum Gasteiger partial charge on any atom is -0.346 e. The van der Waals surface area contributed by atoms with Gasteiger partial charge in [0.25, 0.3) is 5.91 Å². The van der Waals surface area contributed by atoms with Gasteiger partial charge in [-0.15, -0.1) is 0 Å². The molecule has 2 aromatic carbocycles. The van der Waals surface area contributed by atoms with E-state index in [2.05, 4.69) is 15.5 Å². The molecule has 4 heteroatoms. The summed E-state index contributed by atoms with van der Waals surface area (Å²) in [5.41, 5.74) is 3.76. The average molecular weight is 277 g/mol. The highest BCUT2D eigenvalue weighted by Crippen LogP contribution is 2.19. The number of rotatable bonds is 4. The quantitative estimate of drug-likeness (QED) is 0.770. The van der Waals surface area contributed by atoms with E-state index in [1.807, 2.05) is 60.7 Å². The summed E-state index contributed by atoms with van der Waals surface area (Å²) in [6.45, 7) is 0.444. The molecule has 0 fully saturated rings. The Morgan fingerprint density at radius 3 is 2.33 bits per heavy atom. The van der Waals surface area contributed by atoms with Crippen LogP contribution in [0.5, 0.6) is 0 Å². The molecule has 3 aromatic rings. The van der Waals surface area contributed by atoms with Crippen molar-refractivity contribution < 1.29 is 4.79 Å². The van der Waals surface area contributed by atoms with Crippen molar-refractivity contribution in [3.63, 3.8) is 0 Å². The number of carbonyl (C=O) groups excluding carboxylic acids is 1. The van der Waals surface area contributed by atoms with E-state index in [-0.39, 0.29) is 5.91 Å². The van der Waals surface area contributed by atoms with Gasteiger partial charge in [-0.3, -0.25) is 9.89 Å². The molecule has 0 radical (unpaired) electrons. The van der Waals surface area contributed by atoms with Crippen LogP contribution in [0.25, 0.3) is 11.1 Å². The van der Waals surface area contributed by atoms with Gasteiger partial charge >= 0.3 is 0 Å². The van der Waals surface area contributed by atoms with Gasteiger partial charge in [0.1, 0.15) is 0 Å². The molecule has 0 saturated carbocycles. The second-order valence-corrected chi connectivity index (χ2v) is 4.71. The van der Waals surface area contributed by atoms with Gasteiger partial charge in [-0.25, -0.2) is 0 Å². The fraction of sp³-hybridized carbons (Fsp3) is 0.0588. The van der Waals surface area contributed by atoms with Crippen molar-refractivity contribution in [1.82, 2.24) is 15.5 Å². The first kappa shape index (κ1) is 13.1. The van der Waals surface area contributed by atoms with Crippen LogP contribution < -0.4 is 5.32 Å². The molecule has 0 aliphatic heterocycles. The zero-order valence-corrected chi connectivity index (χ0v) is 11.4. The van der Waals surface area contributed by atoms with Crippen molar-refractivity contribution in [3.05, 3.63) is 78.1 Å². The second kappa shape index (κ2) is 6.05. The lowest BCUT2D eigenvalue weighted by atomic mass is 10.0. The van der Waals surface area contributed by atoms with Gasteiger partial charge in [0, 0.05) is 11.8 Å². The van der Waals surface area contributed by atoms with E-state index < -0.39 is 0 Å². The van der Waals surface area contributed by atoms with Gasteiger partial charge in [-0.05, 0) is 29.3 Å². The van der Waals surface area contributed by atoms with Crippen LogP contribution in [-0.2, 0) is 6.54 Å². The molecule has 1 amide bonds. The number of amides is 1. The molecule has 0 atom stereocenters. The van der Waals surface area contributed by atoms with E-state index in [0.717, 1.165) is 16.8 Å². The van der Waals surface area contributed by atoms with Gasteiger partial charge in [0.15, 0.2) is 0 Å². The number of H-pyrrole nitrogens is 1. The number of nitrogens with one attached hydrogen (secondary N) is 2. The first-order valence-electron chi connectivity index (χ1n) is 6.75. The Hall–Kier alpha value is -2.88. The SMILES string of the molecule is O=C(NCc1ccn[nH]1)c1ccc(-c2ccccc2)cc1. The molecular formula is C17H15N3O. The molecule has 0 spiro atoms. The largest absolute Gasteiger partial charge is 0.346 e. The van der Waals surface area contributed by atoms with Crippen LogP contribution in [0.15, 0.2) is 66.9 Å². The molecule has 4 nitrogen and oxygen atoms in total. The lowest BCUT2D eigenvalue weighted by Gasteiger charge is -2.05. The molecule has 0 aliphatic carbocycles. The zero-order chi connectivity index (χ0) is 14.5. The maximum absolute atomic E-state index is 12.0. The molecule has 0 saturated heterocycles. The van der Waals surface area contributed by atoms with Crippen molar-refractivity contribution in [3.8, 4) is 11.1 Å². The van der Waals surface area contributed by atoms with Gasteiger partial charge < -0.3 is 5.32 Å². The van der Waals surface area contributed by atoms with Crippen molar-refractivity contribution in [2.24, 2.45) is 0 Å². The molecule has 0 aliphatic rings. The number of carbonyl (C=O) groups is 1. The van der Waals surface area contributed by atoms with Crippen molar-refractivity contribution in [2.45, 2.75) is 6.54 Å². The van der Waals surface area contributed by atoms with Crippen LogP contribution in [0, 0.1) is 0 Å². The second-order valence-electron chi connectivity index (χ2n) is 4.71. The molecule has 1 aromatic heterocycles. The van der Waals surface area contributed by atoms with Gasteiger partial charge in [0.2, 0.25) is 0 Å². The summed E-state index contributed by atoms with van der Waals surface area (Å²) in [6, 6.07) is 19.5. The Labute approximate surface area is 122 Å². The van der Waals surface area contributed by atoms with Crippen LogP contribution >= 0.6 is 0 Å². The highest BCUT2D eigenvalue weighted by atomic mass is 16.1. The highest BCUT2D eigenvalue weighted by molar-refractivity contribution is 5.94. The molecule has 3 rings (SSSR count). The lowest BCUT2D eigenvalue weighted by Crippen LogP contribution is -2.22. The number of nitrogens with zero attached hydrogens (tertiary/aromatic N) is 1. The highest BCUT2D eigenvalue weighted by Gasteiger charge is 2.06. The molecule has 0 unspecified atom stereocenters. The fourth-order valence-electron chi connectivity index (χ4n) is 2.11. The fourth-order valence-corrected chi connectivity index (χ4v) is 2.11. The summed E-state index contributed by atoms with van der Waals surface area (Å²) in [6.07, 6.45) is 1.66. The first-order valence-corrected chi connectivity index (χ1v) is 6.75. The monoisotopic (exact) mass is 277 g/mol. The minimum atomic E-state index is -0.0933. The topological polar surface area (TPSA) is 57.8 Å². The third-order valence-electron chi connectivity index (χ3n) is 3.25. The summed E-state index contributed by atoms with van der Waals surface area (Å²) < 4.78 is 0. The van der Waals surface area contributed by atoms with Gasteiger partial charge in [-0.1, -0.05) is 42.5 Å². The number of benzene rings is 2. The number of hydrogen-bond donors (Lipinski definition) is 2. The van der Waals surface area contributed by atoms with Crippen LogP contribution in [0.3, 0.4) is 0 Å². The lowest BCUT2D eigenvalue weighted by molar-refractivity contribution is 0.0950. The predicted octanol–water partition coefficient (Wildman–Crippen LogP) is 3.01. The van der Waals surface area contributed by atoms with Crippen molar-refractivity contribution in [2.75, 3.05) is 0 Å². The van der Waals surface area contributed by atoms with E-state index in [0.29, 0.717) is 12.1 Å². The Morgan fingerprint density at radius 1 is 0.952 bits per heavy atom. The van der Waals surface area contributed by atoms with Crippen LogP contribution in [-0.4, -0.2) is 16.1 Å². The van der Waals surface area contributed by atoms with Crippen molar-refractivity contribution >= 4 is 5.91 Å². The molecule has 104 valence electrons. The summed E-state index contributed by atoms with van der Waals surface area (Å²) in [5.74, 6) is -0.0933. The van der Waals surface area contributed by atoms with E-state index >= 15 is 0 Å². The van der Waals surface area contributed by atoms with E-state index in [1.54, 1.807) is 6.20 Å². The van der Waals surface area contributed by atoms with Crippen LogP contribution in [0.1, 0.15) is 16.1 Å². The number of aromatic nitrogens is 2. The molecule has 1 heterocycles. The van der Waals surface area contributed by atoms with Crippen molar-refractivity contribution in [1.29, 1.82) is 0 Å². The van der Waals surface area contributed by atoms with Gasteiger partial charge in [0.05, 0.1) is 12.2 Å². The molecular weight excluding hydrogens is 262 g/mol. The van der Waals surface area contributed by atoms with Crippen LogP contribution in [0.4, 0.5) is 0 Å². The third kappa shape index (κ3) is 3.17. The summed E-state index contributed by atoms with van der Waals surface area (Å²) in [4.78, 5) is 12.0. The summed E-state index contributed by atoms with van der Waals surface area (Å²) in [5, 5.41) is 9.50. The normalized spacial score (nSPS) is 10.3. The zero-order valence-electron chi connectivity index (χ0n) is 11.4. The smallest absolute Gasteiger partial charge is 0.251 e. The minimum absolute atomic E-state index is 0.0933. The van der Waals surface area contributed by atoms with Gasteiger partial charge in [-0.2, -0.15) is 5.10 Å². The van der Waals surface area contributed by atoms with E-state index in [4.69, 9.17) is 0 Å². The maximum Gasteiger partial charge on any atom is 0.251 e. The summed E-state index contributed by atoms with van der Waals surface area (Å²) >= 11 is 0. The Bertz CT molecular complexity index is 704. The third-order valence-corrected chi connectivity index (χ3v) is 3.25. The number of hydrogen-bond acceptors (Lipinski definition) is 2. The van der Waals surface area contributed by atoms with E-state index in [9.17, 15) is 4.79 Å². The first-order chi connectivity index (χ1) is 10.3. The molecule has 21 heavy (non-hydrogen) atoms. The van der Waals surface area contributed by atoms with Crippen LogP contribution in [0.2, 0.25) is 0 Å². The molecule has 2 N–H and O–H groups in total. The average Bonchev–Trinajstić information content (AvgIpc) is 3.07. The number of aromatic amines is 1. The van der Waals surface area contributed by atoms with E-state index in [1.165, 1.54) is 0 Å². The Balaban J connectivity index is 1.67. The maximum atomic E-state index is 12.0. The predicted molar refractivity (Wildman–Crippen MR) is 81.6 cm³/mol. The standard InChI is InChI=1S/C17H15N3O/c21-17(18-12-16-10-11-19-20-16)15-8-6-14(7-9-15)13-4-2-1-3-5-13/h1-11H,12H2,(H,18,21)(H,19,20). The molecule has 0 bridgehead atoms. The summed E-state index contributed by atoms with van der Waals surface area (Å²) in [7, 11) is 0. The Kier molecular flexibility index (Phi) is 3.78. The Morgan fingerprint density at radius 2 is 1.67 bits per heavy atom.